The van der Waals surface area contributed by atoms with E-state index in [0.29, 0.717) is 38.8 Å². The Balaban J connectivity index is 2.91. The fourth-order valence-electron chi connectivity index (χ4n) is 7.12. The van der Waals surface area contributed by atoms with Crippen molar-refractivity contribution in [2.75, 3.05) is 39.4 Å². The second-order valence-corrected chi connectivity index (χ2v) is 18.1. The van der Waals surface area contributed by atoms with E-state index < -0.39 is 79.8 Å². The van der Waals surface area contributed by atoms with Crippen molar-refractivity contribution in [3.63, 3.8) is 0 Å². The molecule has 16 nitrogen and oxygen atoms in total. The fraction of sp³-hybridized carbons (Fsp3) is 0.886. The zero-order chi connectivity index (χ0) is 45.5. The Kier molecular flexibility index (Phi) is 27.1. The maximum atomic E-state index is 13.6. The smallest absolute Gasteiger partial charge is 0.251 e. The van der Waals surface area contributed by atoms with E-state index in [1.54, 1.807) is 4.90 Å². The maximum Gasteiger partial charge on any atom is 0.251 e. The van der Waals surface area contributed by atoms with Gasteiger partial charge in [0, 0.05) is 44.6 Å². The van der Waals surface area contributed by atoms with Crippen LogP contribution < -0.4 is 5.32 Å². The molecule has 0 spiro atoms. The number of carbonyl (C=O) groups excluding carboxylic acids is 3. The summed E-state index contributed by atoms with van der Waals surface area (Å²) < 4.78 is 10.7. The highest BCUT2D eigenvalue weighted by atomic mass is 16.7. The molecule has 1 fully saturated rings. The van der Waals surface area contributed by atoms with Gasteiger partial charge in [-0.25, -0.2) is 0 Å². The molecule has 60 heavy (non-hydrogen) atoms. The lowest BCUT2D eigenvalue weighted by Crippen LogP contribution is -2.62. The fourth-order valence-corrected chi connectivity index (χ4v) is 7.12. The van der Waals surface area contributed by atoms with Crippen molar-refractivity contribution < 1.29 is 64.7 Å². The molecule has 1 aliphatic heterocycles. The second-order valence-electron chi connectivity index (χ2n) is 18.1. The minimum atomic E-state index is -2.20. The third-order valence-electron chi connectivity index (χ3n) is 11.0. The van der Waals surface area contributed by atoms with E-state index in [1.807, 2.05) is 25.7 Å². The molecule has 9 unspecified atom stereocenters. The quantitative estimate of drug-likeness (QED) is 0.0359. The van der Waals surface area contributed by atoms with E-state index in [2.05, 4.69) is 45.2 Å². The number of nitrogens with zero attached hydrogens (tertiary/aromatic N) is 2. The number of rotatable bonds is 31. The summed E-state index contributed by atoms with van der Waals surface area (Å²) in [5.41, 5.74) is -0.695. The van der Waals surface area contributed by atoms with E-state index in [4.69, 9.17) is 9.47 Å². The topological polar surface area (TPSA) is 250 Å². The molecule has 0 bridgehead atoms. The van der Waals surface area contributed by atoms with Crippen LogP contribution in [0.15, 0.2) is 12.2 Å². The molecule has 16 heteroatoms. The van der Waals surface area contributed by atoms with Crippen molar-refractivity contribution in [2.45, 2.75) is 205 Å². The predicted molar refractivity (Wildman–Crippen MR) is 228 cm³/mol. The van der Waals surface area contributed by atoms with Crippen LogP contribution >= 0.6 is 0 Å². The molecule has 1 aliphatic rings. The van der Waals surface area contributed by atoms with Crippen LogP contribution in [0.5, 0.6) is 0 Å². The summed E-state index contributed by atoms with van der Waals surface area (Å²) >= 11 is 0. The lowest BCUT2D eigenvalue weighted by molar-refractivity contribution is -0.326. The van der Waals surface area contributed by atoms with Gasteiger partial charge < -0.3 is 65.4 Å². The first kappa shape index (κ1) is 55.8. The number of nitrogens with one attached hydrogen (secondary N) is 1. The highest BCUT2D eigenvalue weighted by Gasteiger charge is 2.47. The minimum Gasteiger partial charge on any atom is -0.394 e. The van der Waals surface area contributed by atoms with Crippen LogP contribution in [0, 0.1) is 5.41 Å². The Bertz CT molecular complexity index is 1230. The molecule has 0 radical (unpaired) electrons. The van der Waals surface area contributed by atoms with Gasteiger partial charge in [-0.05, 0) is 64.2 Å². The number of hydrogen-bond donors (Lipinski definition) is 9. The summed E-state index contributed by atoms with van der Waals surface area (Å²) in [6, 6.07) is 0. The lowest BCUT2D eigenvalue weighted by Gasteiger charge is -2.43. The number of amides is 3. The van der Waals surface area contributed by atoms with Crippen LogP contribution in [0.2, 0.25) is 0 Å². The molecule has 1 rings (SSSR count). The molecular formula is C44H83N3O13. The zero-order valence-electron chi connectivity index (χ0n) is 37.7. The Labute approximate surface area is 359 Å². The standard InChI is InChI=1S/C44H83N3O13/c1-8-10-11-12-13-14-15-16-17-18-19-20-21-23-34(52)46(27-24-44(6,7)47(33(51)9-2)30-43(3,4)5)26-22-25-45-41(58)38(56)37(55)40(31(50)28-48)60-42-39(57)36(54)35(53)32(29-49)59-42/h17-18,31-32,35-40,42,48-50,53-57H,8-16,19-30H2,1-7H3,(H,45,58)/b18-17+. The number of aliphatic hydroxyl groups is 8. The first-order chi connectivity index (χ1) is 28.3. The number of ether oxygens (including phenoxy) is 2. The molecule has 0 aromatic carbocycles. The first-order valence-corrected chi connectivity index (χ1v) is 22.4. The van der Waals surface area contributed by atoms with Crippen molar-refractivity contribution in [3.05, 3.63) is 12.2 Å². The lowest BCUT2D eigenvalue weighted by atomic mass is 9.90. The van der Waals surface area contributed by atoms with E-state index in [0.717, 1.165) is 19.3 Å². The summed E-state index contributed by atoms with van der Waals surface area (Å²) in [7, 11) is 0. The number of carbonyl (C=O) groups is 3. The van der Waals surface area contributed by atoms with Gasteiger partial charge in [-0.1, -0.05) is 85.3 Å². The monoisotopic (exact) mass is 862 g/mol. The van der Waals surface area contributed by atoms with Crippen molar-refractivity contribution in [2.24, 2.45) is 5.41 Å². The minimum absolute atomic E-state index is 0.00935. The summed E-state index contributed by atoms with van der Waals surface area (Å²) in [6.07, 6.45) is 1.49. The molecule has 1 heterocycles. The predicted octanol–water partition coefficient (Wildman–Crippen LogP) is 2.29. The van der Waals surface area contributed by atoms with Gasteiger partial charge in [0.05, 0.1) is 13.2 Å². The number of allylic oxidation sites excluding steroid dienone is 2. The summed E-state index contributed by atoms with van der Waals surface area (Å²) in [4.78, 5) is 43.3. The molecule has 0 aliphatic carbocycles. The molecule has 0 aromatic rings. The summed E-state index contributed by atoms with van der Waals surface area (Å²) in [6.45, 7) is 13.7. The van der Waals surface area contributed by atoms with Gasteiger partial charge in [-0.3, -0.25) is 14.4 Å². The maximum absolute atomic E-state index is 13.6. The average molecular weight is 862 g/mol. The van der Waals surface area contributed by atoms with Crippen LogP contribution in [0.1, 0.15) is 145 Å². The molecule has 0 saturated carbocycles. The van der Waals surface area contributed by atoms with Gasteiger partial charge in [0.1, 0.15) is 42.7 Å². The molecule has 3 amide bonds. The van der Waals surface area contributed by atoms with Gasteiger partial charge in [0.15, 0.2) is 12.4 Å². The van der Waals surface area contributed by atoms with E-state index in [-0.39, 0.29) is 36.7 Å². The highest BCUT2D eigenvalue weighted by Crippen LogP contribution is 2.28. The van der Waals surface area contributed by atoms with Crippen LogP contribution in [0.25, 0.3) is 0 Å². The Hall–Kier alpha value is -2.25. The second kappa shape index (κ2) is 29.2. The Morgan fingerprint density at radius 2 is 1.38 bits per heavy atom. The summed E-state index contributed by atoms with van der Waals surface area (Å²) in [5, 5.41) is 84.1. The Morgan fingerprint density at radius 1 is 0.783 bits per heavy atom. The molecular weight excluding hydrogens is 778 g/mol. The average Bonchev–Trinajstić information content (AvgIpc) is 3.21. The molecule has 352 valence electrons. The van der Waals surface area contributed by atoms with Gasteiger partial charge >= 0.3 is 0 Å². The van der Waals surface area contributed by atoms with E-state index in [9.17, 15) is 55.2 Å². The van der Waals surface area contributed by atoms with Gasteiger partial charge in [-0.15, -0.1) is 0 Å². The third-order valence-corrected chi connectivity index (χ3v) is 11.0. The molecule has 9 N–H and O–H groups in total. The van der Waals surface area contributed by atoms with Crippen molar-refractivity contribution in [1.82, 2.24) is 15.1 Å². The SMILES string of the molecule is CCCCCCCCC/C=C/CCCCC(=O)N(CCCNC(=O)C(O)C(O)C(OC1OC(CO)C(O)C(O)C1O)C(O)CO)CCC(C)(C)N(CC(C)(C)C)C(=O)CC. The largest absolute Gasteiger partial charge is 0.394 e. The van der Waals surface area contributed by atoms with Crippen molar-refractivity contribution in [1.29, 1.82) is 0 Å². The zero-order valence-corrected chi connectivity index (χ0v) is 37.7. The van der Waals surface area contributed by atoms with Crippen LogP contribution in [0.3, 0.4) is 0 Å². The van der Waals surface area contributed by atoms with Crippen molar-refractivity contribution in [3.8, 4) is 0 Å². The third kappa shape index (κ3) is 20.3. The number of aliphatic hydroxyl groups excluding tert-OH is 8. The Morgan fingerprint density at radius 3 is 1.95 bits per heavy atom. The van der Waals surface area contributed by atoms with Crippen LogP contribution in [-0.4, -0.2) is 168 Å². The van der Waals surface area contributed by atoms with Crippen LogP contribution in [-0.2, 0) is 23.9 Å². The molecule has 9 atom stereocenters. The van der Waals surface area contributed by atoms with E-state index >= 15 is 0 Å². The highest BCUT2D eigenvalue weighted by molar-refractivity contribution is 5.81. The molecule has 1 saturated heterocycles. The normalized spacial score (nSPS) is 22.0. The molecule has 0 aromatic heterocycles. The first-order valence-electron chi connectivity index (χ1n) is 22.4. The van der Waals surface area contributed by atoms with Gasteiger partial charge in [-0.2, -0.15) is 0 Å². The van der Waals surface area contributed by atoms with Gasteiger partial charge in [0.25, 0.3) is 5.91 Å². The van der Waals surface area contributed by atoms with Crippen LogP contribution in [0.4, 0.5) is 0 Å². The number of hydrogen-bond acceptors (Lipinski definition) is 13. The van der Waals surface area contributed by atoms with Crippen molar-refractivity contribution >= 4 is 17.7 Å². The number of unbranched alkanes of at least 4 members (excludes halogenated alkanes) is 9. The summed E-state index contributed by atoms with van der Waals surface area (Å²) in [5.74, 6) is -1.07. The van der Waals surface area contributed by atoms with Gasteiger partial charge in [0.2, 0.25) is 11.8 Å². The van der Waals surface area contributed by atoms with E-state index in [1.165, 1.54) is 44.9 Å².